The Morgan fingerprint density at radius 2 is 1.97 bits per heavy atom. The van der Waals surface area contributed by atoms with E-state index in [1.54, 1.807) is 12.4 Å². The molecule has 0 spiro atoms. The van der Waals surface area contributed by atoms with Crippen LogP contribution >= 0.6 is 0 Å². The van der Waals surface area contributed by atoms with E-state index in [1.165, 1.54) is 18.4 Å². The van der Waals surface area contributed by atoms with Crippen LogP contribution in [-0.4, -0.2) is 51.1 Å². The molecule has 8 nitrogen and oxygen atoms in total. The predicted molar refractivity (Wildman–Crippen MR) is 136 cm³/mol. The number of pyridine rings is 4. The molecule has 2 N–H and O–H groups in total. The fourth-order valence-corrected chi connectivity index (χ4v) is 4.30. The van der Waals surface area contributed by atoms with Gasteiger partial charge in [0.25, 0.3) is 0 Å². The van der Waals surface area contributed by atoms with Crippen molar-refractivity contribution < 1.29 is 4.74 Å². The van der Waals surface area contributed by atoms with Crippen LogP contribution in [0.15, 0.2) is 55.0 Å². The Morgan fingerprint density at radius 3 is 2.86 bits per heavy atom. The van der Waals surface area contributed by atoms with Crippen LogP contribution in [0, 0.1) is 11.8 Å². The van der Waals surface area contributed by atoms with Gasteiger partial charge in [0.2, 0.25) is 5.88 Å². The van der Waals surface area contributed by atoms with E-state index in [4.69, 9.17) is 4.74 Å². The third-order valence-electron chi connectivity index (χ3n) is 6.22. The maximum atomic E-state index is 6.02. The molecule has 35 heavy (non-hydrogen) atoms. The molecule has 4 aromatic heterocycles. The molecule has 6 rings (SSSR count). The fraction of sp³-hybridized carbons (Fsp3) is 0.259. The van der Waals surface area contributed by atoms with Crippen LogP contribution in [0.1, 0.15) is 29.7 Å². The largest absolute Gasteiger partial charge is 0.476 e. The molecule has 0 atom stereocenters. The standard InChI is InChI=1S/C27H25N7O/c1-28-27-23-16-30-25-14-22(23)19(15-31-27)5-6-20-13-18(9-10-29-20)17-34(21-7-8-21)11-12-35-26-4-2-3-24(32-25)33-26/h2-4,9-10,13-16,21H,7-8,11-12,17H2,1H3,(H,28,31)(H,30,32,33). The van der Waals surface area contributed by atoms with Gasteiger partial charge in [-0.25, -0.2) is 15.0 Å². The maximum Gasteiger partial charge on any atom is 0.215 e. The summed E-state index contributed by atoms with van der Waals surface area (Å²) in [7, 11) is 1.85. The minimum absolute atomic E-state index is 0.572. The molecule has 0 aromatic carbocycles. The number of ether oxygens (including phenoxy) is 1. The summed E-state index contributed by atoms with van der Waals surface area (Å²) in [6.45, 7) is 2.25. The second-order valence-corrected chi connectivity index (χ2v) is 8.72. The first-order valence-electron chi connectivity index (χ1n) is 11.8. The first-order chi connectivity index (χ1) is 17.2. The van der Waals surface area contributed by atoms with Gasteiger partial charge in [-0.15, -0.1) is 0 Å². The van der Waals surface area contributed by atoms with Gasteiger partial charge in [0, 0.05) is 61.6 Å². The number of fused-ring (bicyclic) bond motifs is 5. The van der Waals surface area contributed by atoms with E-state index < -0.39 is 0 Å². The van der Waals surface area contributed by atoms with Crippen LogP contribution in [0.5, 0.6) is 5.88 Å². The number of hydrogen-bond acceptors (Lipinski definition) is 8. The van der Waals surface area contributed by atoms with Crippen molar-refractivity contribution in [3.8, 4) is 17.7 Å². The van der Waals surface area contributed by atoms with Crippen LogP contribution in [0.25, 0.3) is 10.8 Å². The van der Waals surface area contributed by atoms with Gasteiger partial charge in [0.05, 0.1) is 5.56 Å². The second-order valence-electron chi connectivity index (χ2n) is 8.72. The topological polar surface area (TPSA) is 88.1 Å². The molecule has 1 aliphatic carbocycles. The quantitative estimate of drug-likeness (QED) is 0.432. The van der Waals surface area contributed by atoms with Gasteiger partial charge in [0.1, 0.15) is 29.8 Å². The predicted octanol–water partition coefficient (Wildman–Crippen LogP) is 3.96. The first-order valence-corrected chi connectivity index (χ1v) is 11.8. The molecule has 0 amide bonds. The summed E-state index contributed by atoms with van der Waals surface area (Å²) in [4.78, 5) is 20.7. The lowest BCUT2D eigenvalue weighted by Crippen LogP contribution is -2.30. The number of aromatic nitrogens is 4. The summed E-state index contributed by atoms with van der Waals surface area (Å²) in [6.07, 6.45) is 7.87. The van der Waals surface area contributed by atoms with Crippen molar-refractivity contribution in [1.82, 2.24) is 24.8 Å². The van der Waals surface area contributed by atoms with Gasteiger partial charge < -0.3 is 15.4 Å². The number of nitrogens with zero attached hydrogens (tertiary/aromatic N) is 5. The molecule has 4 aromatic rings. The smallest absolute Gasteiger partial charge is 0.215 e. The highest BCUT2D eigenvalue weighted by molar-refractivity contribution is 5.96. The van der Waals surface area contributed by atoms with Gasteiger partial charge >= 0.3 is 0 Å². The summed E-state index contributed by atoms with van der Waals surface area (Å²) in [6, 6.07) is 12.4. The highest BCUT2D eigenvalue weighted by Crippen LogP contribution is 2.29. The van der Waals surface area contributed by atoms with Crippen LogP contribution in [0.2, 0.25) is 0 Å². The lowest BCUT2D eigenvalue weighted by atomic mass is 10.1. The van der Waals surface area contributed by atoms with Crippen molar-refractivity contribution in [3.63, 3.8) is 0 Å². The summed E-state index contributed by atoms with van der Waals surface area (Å²) in [5, 5.41) is 8.27. The molecule has 1 aliphatic heterocycles. The molecule has 1 fully saturated rings. The Labute approximate surface area is 203 Å². The van der Waals surface area contributed by atoms with Crippen molar-refractivity contribution >= 4 is 28.2 Å². The second kappa shape index (κ2) is 9.20. The molecule has 174 valence electrons. The van der Waals surface area contributed by atoms with Crippen LogP contribution < -0.4 is 15.4 Å². The number of nitrogens with one attached hydrogen (secondary N) is 2. The Hall–Kier alpha value is -4.22. The van der Waals surface area contributed by atoms with E-state index in [9.17, 15) is 0 Å². The molecular weight excluding hydrogens is 438 g/mol. The Bertz CT molecular complexity index is 1460. The SMILES string of the molecule is CNc1ncc2c3cc(ncc13)Nc1cccc(n1)OCCN(C1CC1)Cc1ccnc(c1)C#C2. The van der Waals surface area contributed by atoms with E-state index in [0.29, 0.717) is 30.2 Å². The zero-order valence-electron chi connectivity index (χ0n) is 19.5. The summed E-state index contributed by atoms with van der Waals surface area (Å²) in [5.74, 6) is 9.21. The summed E-state index contributed by atoms with van der Waals surface area (Å²) < 4.78 is 6.02. The minimum atomic E-state index is 0.572. The van der Waals surface area contributed by atoms with Crippen LogP contribution in [0.4, 0.5) is 17.5 Å². The number of hydrogen-bond donors (Lipinski definition) is 2. The fourth-order valence-electron chi connectivity index (χ4n) is 4.30. The zero-order valence-corrected chi connectivity index (χ0v) is 19.5. The van der Waals surface area contributed by atoms with Crippen LogP contribution in [-0.2, 0) is 6.54 Å². The average molecular weight is 464 g/mol. The van der Waals surface area contributed by atoms with E-state index in [-0.39, 0.29) is 0 Å². The van der Waals surface area contributed by atoms with Crippen molar-refractivity contribution in [2.24, 2.45) is 0 Å². The minimum Gasteiger partial charge on any atom is -0.476 e. The third kappa shape index (κ3) is 4.72. The molecule has 8 heteroatoms. The van der Waals surface area contributed by atoms with Gasteiger partial charge in [-0.05, 0) is 48.6 Å². The Kier molecular flexibility index (Phi) is 5.60. The molecule has 0 saturated heterocycles. The Morgan fingerprint density at radius 1 is 1.03 bits per heavy atom. The maximum absolute atomic E-state index is 6.02. The van der Waals surface area contributed by atoms with Crippen molar-refractivity contribution in [2.45, 2.75) is 25.4 Å². The number of anilines is 3. The summed E-state index contributed by atoms with van der Waals surface area (Å²) >= 11 is 0. The first kappa shape index (κ1) is 21.3. The monoisotopic (exact) mass is 463 g/mol. The highest BCUT2D eigenvalue weighted by Gasteiger charge is 2.28. The molecule has 2 aliphatic rings. The molecule has 1 saturated carbocycles. The van der Waals surface area contributed by atoms with Gasteiger partial charge in [-0.3, -0.25) is 4.90 Å². The van der Waals surface area contributed by atoms with Gasteiger partial charge in [0.15, 0.2) is 0 Å². The molecule has 0 unspecified atom stereocenters. The van der Waals surface area contributed by atoms with E-state index >= 15 is 0 Å². The summed E-state index contributed by atoms with van der Waals surface area (Å²) in [5.41, 5.74) is 2.75. The number of rotatable bonds is 2. The highest BCUT2D eigenvalue weighted by atomic mass is 16.5. The van der Waals surface area contributed by atoms with Crippen molar-refractivity contribution in [3.05, 3.63) is 71.8 Å². The molecule has 5 heterocycles. The van der Waals surface area contributed by atoms with Crippen LogP contribution in [0.3, 0.4) is 0 Å². The Balaban J connectivity index is 1.45. The van der Waals surface area contributed by atoms with Crippen molar-refractivity contribution in [1.29, 1.82) is 0 Å². The average Bonchev–Trinajstić information content (AvgIpc) is 3.72. The van der Waals surface area contributed by atoms with E-state index in [1.807, 2.05) is 37.5 Å². The molecule has 6 bridgehead atoms. The van der Waals surface area contributed by atoms with Gasteiger partial charge in [-0.1, -0.05) is 12.0 Å². The molecule has 0 radical (unpaired) electrons. The van der Waals surface area contributed by atoms with E-state index in [2.05, 4.69) is 59.4 Å². The normalized spacial score (nSPS) is 15.8. The lowest BCUT2D eigenvalue weighted by molar-refractivity contribution is 0.192. The lowest BCUT2D eigenvalue weighted by Gasteiger charge is -2.22. The zero-order chi connectivity index (χ0) is 23.6. The third-order valence-corrected chi connectivity index (χ3v) is 6.22. The van der Waals surface area contributed by atoms with Crippen molar-refractivity contribution in [2.75, 3.05) is 30.8 Å². The van der Waals surface area contributed by atoms with E-state index in [0.717, 1.165) is 40.9 Å². The van der Waals surface area contributed by atoms with Gasteiger partial charge in [-0.2, -0.15) is 4.98 Å². The molecular formula is C27H25N7O.